The SMILES string of the molecule is O=c1ccc2c(C(O)CNCCc3ccc(OCC(F)(F)c4cccc(SC5CCCC5)c4)cc3)ccc(O)c2[nH]1. The van der Waals surface area contributed by atoms with E-state index in [1.54, 1.807) is 48.2 Å². The quantitative estimate of drug-likeness (QED) is 0.147. The number of halogens is 2. The van der Waals surface area contributed by atoms with Crippen LogP contribution in [0.4, 0.5) is 8.78 Å². The number of ether oxygens (including phenoxy) is 1. The molecule has 0 radical (unpaired) electrons. The summed E-state index contributed by atoms with van der Waals surface area (Å²) < 4.78 is 35.3. The molecule has 9 heteroatoms. The van der Waals surface area contributed by atoms with E-state index in [9.17, 15) is 23.8 Å². The highest BCUT2D eigenvalue weighted by Gasteiger charge is 2.33. The van der Waals surface area contributed by atoms with Crippen molar-refractivity contribution in [3.05, 3.63) is 99.8 Å². The third-order valence-corrected chi connectivity index (χ3v) is 8.73. The molecule has 1 atom stereocenters. The molecule has 216 valence electrons. The van der Waals surface area contributed by atoms with Crippen molar-refractivity contribution in [1.29, 1.82) is 0 Å². The first-order chi connectivity index (χ1) is 19.8. The zero-order chi connectivity index (χ0) is 28.8. The minimum absolute atomic E-state index is 0.0287. The maximum Gasteiger partial charge on any atom is 0.306 e. The lowest BCUT2D eigenvalue weighted by molar-refractivity contribution is -0.0468. The number of H-pyrrole nitrogens is 1. The molecule has 0 saturated heterocycles. The Hall–Kier alpha value is -3.40. The van der Waals surface area contributed by atoms with E-state index in [1.165, 1.54) is 31.0 Å². The van der Waals surface area contributed by atoms with Gasteiger partial charge in [-0.2, -0.15) is 8.78 Å². The van der Waals surface area contributed by atoms with Gasteiger partial charge in [-0.1, -0.05) is 43.2 Å². The summed E-state index contributed by atoms with van der Waals surface area (Å²) in [5.41, 5.74) is 1.52. The summed E-state index contributed by atoms with van der Waals surface area (Å²) in [6.07, 6.45) is 4.53. The number of aromatic amines is 1. The second-order valence-corrected chi connectivity index (χ2v) is 11.8. The number of pyridine rings is 1. The first-order valence-corrected chi connectivity index (χ1v) is 14.8. The highest BCUT2D eigenvalue weighted by molar-refractivity contribution is 8.00. The van der Waals surface area contributed by atoms with Gasteiger partial charge in [0.25, 0.3) is 0 Å². The Morgan fingerprint density at radius 3 is 2.61 bits per heavy atom. The third kappa shape index (κ3) is 7.47. The maximum absolute atomic E-state index is 14.9. The number of hydrogen-bond donors (Lipinski definition) is 4. The summed E-state index contributed by atoms with van der Waals surface area (Å²) in [6.45, 7) is 0.121. The Morgan fingerprint density at radius 2 is 1.83 bits per heavy atom. The van der Waals surface area contributed by atoms with E-state index in [0.29, 0.717) is 40.4 Å². The van der Waals surface area contributed by atoms with Crippen LogP contribution in [0.5, 0.6) is 11.5 Å². The summed E-state index contributed by atoms with van der Waals surface area (Å²) in [4.78, 5) is 15.1. The van der Waals surface area contributed by atoms with Crippen molar-refractivity contribution in [2.45, 2.75) is 54.3 Å². The molecule has 1 aromatic heterocycles. The number of aliphatic hydroxyl groups excluding tert-OH is 1. The second kappa shape index (κ2) is 13.1. The van der Waals surface area contributed by atoms with E-state index >= 15 is 0 Å². The van der Waals surface area contributed by atoms with Gasteiger partial charge in [0.05, 0.1) is 11.6 Å². The van der Waals surface area contributed by atoms with E-state index < -0.39 is 18.6 Å². The topological polar surface area (TPSA) is 94.6 Å². The first-order valence-electron chi connectivity index (χ1n) is 13.9. The minimum atomic E-state index is -3.10. The van der Waals surface area contributed by atoms with E-state index in [4.69, 9.17) is 4.74 Å². The van der Waals surface area contributed by atoms with Crippen molar-refractivity contribution >= 4 is 22.7 Å². The van der Waals surface area contributed by atoms with Crippen LogP contribution < -0.4 is 15.6 Å². The number of aromatic hydroxyl groups is 1. The molecular weight excluding hydrogens is 546 g/mol. The zero-order valence-electron chi connectivity index (χ0n) is 22.6. The number of nitrogens with one attached hydrogen (secondary N) is 2. The van der Waals surface area contributed by atoms with Gasteiger partial charge < -0.3 is 25.3 Å². The number of thioether (sulfide) groups is 1. The van der Waals surface area contributed by atoms with Crippen molar-refractivity contribution in [3.8, 4) is 11.5 Å². The zero-order valence-corrected chi connectivity index (χ0v) is 23.4. The van der Waals surface area contributed by atoms with Gasteiger partial charge in [0, 0.05) is 33.7 Å². The van der Waals surface area contributed by atoms with Crippen LogP contribution in [-0.4, -0.2) is 40.1 Å². The van der Waals surface area contributed by atoms with Crippen molar-refractivity contribution < 1.29 is 23.7 Å². The lowest BCUT2D eigenvalue weighted by Gasteiger charge is -2.19. The molecule has 0 amide bonds. The molecule has 3 aromatic carbocycles. The van der Waals surface area contributed by atoms with Crippen molar-refractivity contribution in [3.63, 3.8) is 0 Å². The van der Waals surface area contributed by atoms with Crippen LogP contribution in [-0.2, 0) is 12.3 Å². The highest BCUT2D eigenvalue weighted by atomic mass is 32.2. The molecular formula is C32H34F2N2O4S. The normalized spacial score (nSPS) is 14.9. The summed E-state index contributed by atoms with van der Waals surface area (Å²) in [5.74, 6) is -2.78. The fourth-order valence-corrected chi connectivity index (χ4v) is 6.44. The van der Waals surface area contributed by atoms with Crippen molar-refractivity contribution in [2.75, 3.05) is 19.7 Å². The largest absolute Gasteiger partial charge is 0.506 e. The molecule has 1 heterocycles. The average Bonchev–Trinajstić information content (AvgIpc) is 3.48. The molecule has 1 aliphatic carbocycles. The van der Waals surface area contributed by atoms with Crippen LogP contribution in [0.25, 0.3) is 10.9 Å². The molecule has 0 spiro atoms. The number of phenols is 1. The number of alkyl halides is 2. The first kappa shape index (κ1) is 29.1. The Bertz CT molecular complexity index is 1520. The average molecular weight is 581 g/mol. The van der Waals surface area contributed by atoms with Crippen LogP contribution in [0.15, 0.2) is 82.5 Å². The summed E-state index contributed by atoms with van der Waals surface area (Å²) in [7, 11) is 0. The standard InChI is InChI=1S/C32H34F2N2O4S/c33-32(34,22-4-3-7-25(18-22)41-24-5-1-2-6-24)20-40-23-10-8-21(9-11-23)16-17-35-19-29(38)26-12-14-28(37)31-27(26)13-15-30(39)36-31/h3-4,7-15,18,24,29,35,37-38H,1-2,5-6,16-17,19-20H2,(H,36,39). The number of aromatic nitrogens is 1. The predicted octanol–water partition coefficient (Wildman–Crippen LogP) is 6.30. The van der Waals surface area contributed by atoms with E-state index in [0.717, 1.165) is 23.3 Å². The van der Waals surface area contributed by atoms with Crippen LogP contribution in [0.3, 0.4) is 0 Å². The van der Waals surface area contributed by atoms with E-state index in [-0.39, 0.29) is 23.4 Å². The molecule has 6 nitrogen and oxygen atoms in total. The van der Waals surface area contributed by atoms with Crippen LogP contribution in [0.2, 0.25) is 0 Å². The number of rotatable bonds is 12. The summed E-state index contributed by atoms with van der Waals surface area (Å²) in [6, 6.07) is 19.7. The Balaban J connectivity index is 1.09. The van der Waals surface area contributed by atoms with Crippen molar-refractivity contribution in [2.24, 2.45) is 0 Å². The van der Waals surface area contributed by atoms with Crippen molar-refractivity contribution in [1.82, 2.24) is 10.3 Å². The highest BCUT2D eigenvalue weighted by Crippen LogP contribution is 2.37. The fraction of sp³-hybridized carbons (Fsp3) is 0.344. The Labute approximate surface area is 241 Å². The Kier molecular flexibility index (Phi) is 9.27. The summed E-state index contributed by atoms with van der Waals surface area (Å²) in [5, 5.41) is 25.0. The molecule has 0 aliphatic heterocycles. The third-order valence-electron chi connectivity index (χ3n) is 7.40. The van der Waals surface area contributed by atoms with Crippen LogP contribution in [0, 0.1) is 0 Å². The number of benzene rings is 3. The van der Waals surface area contributed by atoms with Crippen LogP contribution in [0.1, 0.15) is 48.5 Å². The number of fused-ring (bicyclic) bond motifs is 1. The lowest BCUT2D eigenvalue weighted by Crippen LogP contribution is -2.24. The Morgan fingerprint density at radius 1 is 1.05 bits per heavy atom. The molecule has 1 unspecified atom stereocenters. The second-order valence-electron chi connectivity index (χ2n) is 10.4. The molecule has 4 aromatic rings. The smallest absolute Gasteiger partial charge is 0.306 e. The molecule has 0 bridgehead atoms. The van der Waals surface area contributed by atoms with Crippen LogP contribution >= 0.6 is 11.8 Å². The van der Waals surface area contributed by atoms with Gasteiger partial charge in [-0.05, 0) is 73.3 Å². The van der Waals surface area contributed by atoms with Gasteiger partial charge in [-0.3, -0.25) is 4.79 Å². The van der Waals surface area contributed by atoms with Gasteiger partial charge >= 0.3 is 5.92 Å². The summed E-state index contributed by atoms with van der Waals surface area (Å²) >= 11 is 1.69. The van der Waals surface area contributed by atoms with Gasteiger partial charge in [0.2, 0.25) is 5.56 Å². The van der Waals surface area contributed by atoms with Gasteiger partial charge in [-0.15, -0.1) is 11.8 Å². The fourth-order valence-electron chi connectivity index (χ4n) is 5.14. The molecule has 5 rings (SSSR count). The predicted molar refractivity (Wildman–Crippen MR) is 158 cm³/mol. The number of hydrogen-bond acceptors (Lipinski definition) is 6. The molecule has 41 heavy (non-hydrogen) atoms. The van der Waals surface area contributed by atoms with Gasteiger partial charge in [0.15, 0.2) is 6.61 Å². The molecule has 1 aliphatic rings. The minimum Gasteiger partial charge on any atom is -0.506 e. The number of aliphatic hydroxyl groups is 1. The molecule has 1 saturated carbocycles. The number of phenolic OH excluding ortho intramolecular Hbond substituents is 1. The lowest BCUT2D eigenvalue weighted by atomic mass is 10.0. The van der Waals surface area contributed by atoms with Gasteiger partial charge in [-0.25, -0.2) is 0 Å². The molecule has 1 fully saturated rings. The van der Waals surface area contributed by atoms with Gasteiger partial charge in [0.1, 0.15) is 11.5 Å². The van der Waals surface area contributed by atoms with E-state index in [2.05, 4.69) is 10.3 Å². The van der Waals surface area contributed by atoms with E-state index in [1.807, 2.05) is 18.2 Å². The maximum atomic E-state index is 14.9. The molecule has 4 N–H and O–H groups in total. The monoisotopic (exact) mass is 580 g/mol.